The van der Waals surface area contributed by atoms with Crippen molar-refractivity contribution in [2.45, 2.75) is 31.2 Å². The molecule has 21 heavy (non-hydrogen) atoms. The van der Waals surface area contributed by atoms with Crippen LogP contribution in [0.2, 0.25) is 0 Å². The van der Waals surface area contributed by atoms with Crippen LogP contribution >= 0.6 is 0 Å². The van der Waals surface area contributed by atoms with E-state index in [4.69, 9.17) is 10.5 Å². The maximum Gasteiger partial charge on any atom is 0.307 e. The summed E-state index contributed by atoms with van der Waals surface area (Å²) in [7, 11) is -2.17. The molecule has 0 aliphatic carbocycles. The highest BCUT2D eigenvalue weighted by Crippen LogP contribution is 2.17. The number of benzene rings is 1. The van der Waals surface area contributed by atoms with Gasteiger partial charge in [-0.3, -0.25) is 4.79 Å². The summed E-state index contributed by atoms with van der Waals surface area (Å²) >= 11 is 0. The summed E-state index contributed by atoms with van der Waals surface area (Å²) in [5.74, 6) is -0.410. The van der Waals surface area contributed by atoms with Crippen molar-refractivity contribution in [3.05, 3.63) is 29.8 Å². The smallest absolute Gasteiger partial charge is 0.307 e. The highest BCUT2D eigenvalue weighted by Gasteiger charge is 2.21. The third-order valence-electron chi connectivity index (χ3n) is 3.05. The van der Waals surface area contributed by atoms with Crippen LogP contribution in [0.4, 0.5) is 0 Å². The second-order valence-electron chi connectivity index (χ2n) is 4.74. The van der Waals surface area contributed by atoms with E-state index in [9.17, 15) is 13.2 Å². The maximum atomic E-state index is 12.3. The molecule has 0 spiro atoms. The summed E-state index contributed by atoms with van der Waals surface area (Å²) in [5.41, 5.74) is 6.59. The predicted molar refractivity (Wildman–Crippen MR) is 80.1 cm³/mol. The van der Waals surface area contributed by atoms with E-state index in [1.165, 1.54) is 19.2 Å². The lowest BCUT2D eigenvalue weighted by Crippen LogP contribution is -2.29. The molecule has 7 heteroatoms. The molecule has 118 valence electrons. The van der Waals surface area contributed by atoms with Crippen molar-refractivity contribution >= 4 is 16.0 Å². The predicted octanol–water partition coefficient (Wildman–Crippen LogP) is 1.28. The SMILES string of the molecule is CCOC(=O)CCN(C)S(=O)(=O)c1ccc(C(C)N)cc1. The van der Waals surface area contributed by atoms with Crippen LogP contribution in [-0.4, -0.2) is 38.9 Å². The fourth-order valence-corrected chi connectivity index (χ4v) is 2.90. The van der Waals surface area contributed by atoms with Crippen molar-refractivity contribution in [3.63, 3.8) is 0 Å². The Bertz CT molecular complexity index is 567. The van der Waals surface area contributed by atoms with Crippen LogP contribution in [0.1, 0.15) is 31.9 Å². The third kappa shape index (κ3) is 4.80. The minimum Gasteiger partial charge on any atom is -0.466 e. The minimum absolute atomic E-state index is 0.0293. The van der Waals surface area contributed by atoms with Crippen LogP contribution in [0, 0.1) is 0 Å². The molecule has 1 aromatic rings. The number of hydrogen-bond donors (Lipinski definition) is 1. The van der Waals surface area contributed by atoms with Gasteiger partial charge in [0.2, 0.25) is 10.0 Å². The lowest BCUT2D eigenvalue weighted by Gasteiger charge is -2.17. The fraction of sp³-hybridized carbons (Fsp3) is 0.500. The monoisotopic (exact) mass is 314 g/mol. The zero-order valence-corrected chi connectivity index (χ0v) is 13.4. The molecule has 0 aliphatic rings. The van der Waals surface area contributed by atoms with Crippen LogP contribution in [-0.2, 0) is 19.6 Å². The Labute approximate surface area is 125 Å². The molecule has 0 saturated heterocycles. The Balaban J connectivity index is 2.77. The van der Waals surface area contributed by atoms with E-state index in [1.807, 2.05) is 6.92 Å². The van der Waals surface area contributed by atoms with E-state index in [2.05, 4.69) is 0 Å². The molecule has 1 atom stereocenters. The van der Waals surface area contributed by atoms with Gasteiger partial charge in [-0.2, -0.15) is 0 Å². The van der Waals surface area contributed by atoms with Crippen molar-refractivity contribution < 1.29 is 17.9 Å². The lowest BCUT2D eigenvalue weighted by atomic mass is 10.1. The summed E-state index contributed by atoms with van der Waals surface area (Å²) < 4.78 is 30.6. The van der Waals surface area contributed by atoms with Gasteiger partial charge in [-0.1, -0.05) is 12.1 Å². The molecule has 0 aromatic heterocycles. The van der Waals surface area contributed by atoms with Gasteiger partial charge in [0.15, 0.2) is 0 Å². The Morgan fingerprint density at radius 3 is 2.38 bits per heavy atom. The van der Waals surface area contributed by atoms with E-state index in [1.54, 1.807) is 19.1 Å². The molecule has 1 unspecified atom stereocenters. The first-order valence-electron chi connectivity index (χ1n) is 6.76. The molecule has 0 heterocycles. The van der Waals surface area contributed by atoms with E-state index in [-0.39, 0.29) is 30.5 Å². The van der Waals surface area contributed by atoms with Crippen molar-refractivity contribution in [1.29, 1.82) is 0 Å². The molecule has 0 fully saturated rings. The maximum absolute atomic E-state index is 12.3. The average molecular weight is 314 g/mol. The first kappa shape index (κ1) is 17.6. The summed E-state index contributed by atoms with van der Waals surface area (Å²) in [5, 5.41) is 0. The molecule has 1 rings (SSSR count). The van der Waals surface area contributed by atoms with Crippen LogP contribution in [0.3, 0.4) is 0 Å². The van der Waals surface area contributed by atoms with Crippen LogP contribution in [0.25, 0.3) is 0 Å². The number of sulfonamides is 1. The van der Waals surface area contributed by atoms with Crippen molar-refractivity contribution in [3.8, 4) is 0 Å². The Morgan fingerprint density at radius 1 is 1.33 bits per heavy atom. The van der Waals surface area contributed by atoms with E-state index >= 15 is 0 Å². The quantitative estimate of drug-likeness (QED) is 0.766. The molecule has 1 aromatic carbocycles. The van der Waals surface area contributed by atoms with Crippen LogP contribution in [0.5, 0.6) is 0 Å². The fourth-order valence-electron chi connectivity index (χ4n) is 1.73. The van der Waals surface area contributed by atoms with Gasteiger partial charge in [-0.05, 0) is 31.5 Å². The Hall–Kier alpha value is -1.44. The number of ether oxygens (including phenoxy) is 1. The van der Waals surface area contributed by atoms with E-state index in [0.717, 1.165) is 9.87 Å². The first-order valence-corrected chi connectivity index (χ1v) is 8.20. The summed E-state index contributed by atoms with van der Waals surface area (Å²) in [6.07, 6.45) is 0.0293. The van der Waals surface area contributed by atoms with Gasteiger partial charge >= 0.3 is 5.97 Å². The second-order valence-corrected chi connectivity index (χ2v) is 6.78. The number of nitrogens with two attached hydrogens (primary N) is 1. The number of rotatable bonds is 7. The highest BCUT2D eigenvalue weighted by molar-refractivity contribution is 7.89. The standard InChI is InChI=1S/C14H22N2O4S/c1-4-20-14(17)9-10-16(3)21(18,19)13-7-5-12(6-8-13)11(2)15/h5-8,11H,4,9-10,15H2,1-3H3. The normalized spacial score (nSPS) is 13.2. The van der Waals surface area contributed by atoms with Gasteiger partial charge in [-0.25, -0.2) is 12.7 Å². The largest absolute Gasteiger partial charge is 0.466 e. The second kappa shape index (κ2) is 7.53. The van der Waals surface area contributed by atoms with E-state index < -0.39 is 16.0 Å². The molecule has 0 amide bonds. The van der Waals surface area contributed by atoms with Gasteiger partial charge in [0.05, 0.1) is 17.9 Å². The number of esters is 1. The zero-order valence-electron chi connectivity index (χ0n) is 12.6. The van der Waals surface area contributed by atoms with E-state index in [0.29, 0.717) is 0 Å². The van der Waals surface area contributed by atoms with Crippen LogP contribution < -0.4 is 5.73 Å². The van der Waals surface area contributed by atoms with Crippen LogP contribution in [0.15, 0.2) is 29.2 Å². The van der Waals surface area contributed by atoms with Crippen molar-refractivity contribution in [2.75, 3.05) is 20.2 Å². The first-order chi connectivity index (χ1) is 9.78. The molecule has 6 nitrogen and oxygen atoms in total. The Kier molecular flexibility index (Phi) is 6.32. The number of carbonyl (C=O) groups excluding carboxylic acids is 1. The average Bonchev–Trinajstić information content (AvgIpc) is 2.45. The van der Waals surface area contributed by atoms with Crippen molar-refractivity contribution in [1.82, 2.24) is 4.31 Å². The third-order valence-corrected chi connectivity index (χ3v) is 4.92. The van der Waals surface area contributed by atoms with Crippen molar-refractivity contribution in [2.24, 2.45) is 5.73 Å². The van der Waals surface area contributed by atoms with Gasteiger partial charge in [0, 0.05) is 19.6 Å². The minimum atomic E-state index is -3.61. The van der Waals surface area contributed by atoms with Gasteiger partial charge in [0.1, 0.15) is 0 Å². The molecular weight excluding hydrogens is 292 g/mol. The number of carbonyl (C=O) groups is 1. The molecular formula is C14H22N2O4S. The molecule has 2 N–H and O–H groups in total. The number of hydrogen-bond acceptors (Lipinski definition) is 5. The number of nitrogens with zero attached hydrogens (tertiary/aromatic N) is 1. The lowest BCUT2D eigenvalue weighted by molar-refractivity contribution is -0.143. The van der Waals surface area contributed by atoms with Gasteiger partial charge < -0.3 is 10.5 Å². The van der Waals surface area contributed by atoms with Gasteiger partial charge in [-0.15, -0.1) is 0 Å². The molecule has 0 radical (unpaired) electrons. The highest BCUT2D eigenvalue weighted by atomic mass is 32.2. The molecule has 0 saturated carbocycles. The zero-order chi connectivity index (χ0) is 16.0. The summed E-state index contributed by atoms with van der Waals surface area (Å²) in [6, 6.07) is 6.28. The molecule has 0 bridgehead atoms. The topological polar surface area (TPSA) is 89.7 Å². The molecule has 0 aliphatic heterocycles. The Morgan fingerprint density at radius 2 is 1.90 bits per heavy atom. The summed E-state index contributed by atoms with van der Waals surface area (Å²) in [6.45, 7) is 3.90. The van der Waals surface area contributed by atoms with Gasteiger partial charge in [0.25, 0.3) is 0 Å². The summed E-state index contributed by atoms with van der Waals surface area (Å²) in [4.78, 5) is 11.5.